The quantitative estimate of drug-likeness (QED) is 0.757. The summed E-state index contributed by atoms with van der Waals surface area (Å²) in [7, 11) is 0. The Morgan fingerprint density at radius 2 is 2.05 bits per heavy atom. The molecular formula is C14H20N2OS2. The zero-order chi connectivity index (χ0) is 14.3. The Labute approximate surface area is 124 Å². The Bertz CT molecular complexity index is 432. The molecule has 1 amide bonds. The van der Waals surface area contributed by atoms with Crippen molar-refractivity contribution in [3.63, 3.8) is 0 Å². The van der Waals surface area contributed by atoms with E-state index < -0.39 is 0 Å². The first-order chi connectivity index (χ1) is 9.06. The minimum absolute atomic E-state index is 0.0592. The predicted molar refractivity (Wildman–Crippen MR) is 86.6 cm³/mol. The van der Waals surface area contributed by atoms with E-state index in [1.165, 1.54) is 0 Å². The van der Waals surface area contributed by atoms with E-state index >= 15 is 0 Å². The van der Waals surface area contributed by atoms with Crippen LogP contribution in [0.4, 0.5) is 0 Å². The zero-order valence-electron chi connectivity index (χ0n) is 11.3. The van der Waals surface area contributed by atoms with Crippen molar-refractivity contribution in [3.8, 4) is 0 Å². The molecule has 1 unspecified atom stereocenters. The lowest BCUT2D eigenvalue weighted by Gasteiger charge is -2.15. The van der Waals surface area contributed by atoms with Crippen molar-refractivity contribution < 1.29 is 4.79 Å². The van der Waals surface area contributed by atoms with Gasteiger partial charge in [-0.25, -0.2) is 0 Å². The van der Waals surface area contributed by atoms with Crippen LogP contribution >= 0.6 is 24.0 Å². The van der Waals surface area contributed by atoms with Gasteiger partial charge in [0.05, 0.1) is 6.42 Å². The number of hydrogen-bond acceptors (Lipinski definition) is 3. The van der Waals surface area contributed by atoms with Crippen molar-refractivity contribution in [2.45, 2.75) is 25.8 Å². The molecule has 0 aliphatic rings. The molecule has 0 heterocycles. The molecule has 1 rings (SSSR count). The molecule has 0 spiro atoms. The second kappa shape index (κ2) is 8.17. The van der Waals surface area contributed by atoms with Crippen LogP contribution in [0.2, 0.25) is 0 Å². The first-order valence-corrected chi connectivity index (χ1v) is 8.04. The maximum atomic E-state index is 11.9. The average Bonchev–Trinajstić information content (AvgIpc) is 2.38. The number of carbonyl (C=O) groups is 1. The summed E-state index contributed by atoms with van der Waals surface area (Å²) in [4.78, 5) is 12.3. The van der Waals surface area contributed by atoms with Crippen molar-refractivity contribution in [1.82, 2.24) is 5.32 Å². The number of nitrogens with two attached hydrogens (primary N) is 1. The van der Waals surface area contributed by atoms with E-state index in [4.69, 9.17) is 18.0 Å². The fourth-order valence-corrected chi connectivity index (χ4v) is 2.57. The Hall–Kier alpha value is -1.07. The largest absolute Gasteiger partial charge is 0.389 e. The monoisotopic (exact) mass is 296 g/mol. The summed E-state index contributed by atoms with van der Waals surface area (Å²) in [5.41, 5.74) is 7.33. The number of amides is 1. The molecule has 1 aromatic carbocycles. The number of carbonyl (C=O) groups excluding carboxylic acids is 1. The summed E-state index contributed by atoms with van der Waals surface area (Å²) in [5.74, 6) is 1.01. The van der Waals surface area contributed by atoms with Crippen LogP contribution in [-0.4, -0.2) is 28.9 Å². The highest BCUT2D eigenvalue weighted by molar-refractivity contribution is 7.98. The Balaban J connectivity index is 2.54. The molecule has 0 saturated carbocycles. The standard InChI is InChI=1S/C14H20N2OS2/c1-3-12(9-19-2)16-13(17)8-10-4-6-11(7-5-10)14(15)18/h4-7,12H,3,8-9H2,1-2H3,(H2,15,18)(H,16,17). The van der Waals surface area contributed by atoms with Gasteiger partial charge in [0.1, 0.15) is 4.99 Å². The van der Waals surface area contributed by atoms with E-state index in [9.17, 15) is 4.79 Å². The summed E-state index contributed by atoms with van der Waals surface area (Å²) >= 11 is 6.64. The first kappa shape index (κ1) is 16.0. The van der Waals surface area contributed by atoms with Crippen molar-refractivity contribution in [2.75, 3.05) is 12.0 Å². The lowest BCUT2D eigenvalue weighted by molar-refractivity contribution is -0.121. The third kappa shape index (κ3) is 5.61. The fourth-order valence-electron chi connectivity index (χ4n) is 1.71. The second-order valence-corrected chi connectivity index (χ2v) is 5.72. The molecule has 0 aliphatic heterocycles. The fraction of sp³-hybridized carbons (Fsp3) is 0.429. The topological polar surface area (TPSA) is 55.1 Å². The number of rotatable bonds is 7. The molecule has 3 nitrogen and oxygen atoms in total. The van der Waals surface area contributed by atoms with E-state index in [1.807, 2.05) is 30.5 Å². The normalized spacial score (nSPS) is 11.9. The van der Waals surface area contributed by atoms with Gasteiger partial charge in [0, 0.05) is 17.4 Å². The van der Waals surface area contributed by atoms with Crippen molar-refractivity contribution >= 4 is 34.9 Å². The molecule has 1 atom stereocenters. The number of thioether (sulfide) groups is 1. The van der Waals surface area contributed by atoms with Crippen LogP contribution in [0.5, 0.6) is 0 Å². The van der Waals surface area contributed by atoms with Gasteiger partial charge in [-0.15, -0.1) is 0 Å². The number of benzene rings is 1. The lowest BCUT2D eigenvalue weighted by Crippen LogP contribution is -2.37. The van der Waals surface area contributed by atoms with E-state index in [1.54, 1.807) is 11.8 Å². The molecule has 1 aromatic rings. The molecule has 3 N–H and O–H groups in total. The van der Waals surface area contributed by atoms with Gasteiger partial charge in [0.2, 0.25) is 5.91 Å². The molecule has 104 valence electrons. The third-order valence-electron chi connectivity index (χ3n) is 2.83. The minimum Gasteiger partial charge on any atom is -0.389 e. The summed E-state index contributed by atoms with van der Waals surface area (Å²) in [5, 5.41) is 3.04. The van der Waals surface area contributed by atoms with Crippen LogP contribution in [0.25, 0.3) is 0 Å². The Morgan fingerprint density at radius 3 is 2.53 bits per heavy atom. The number of hydrogen-bond donors (Lipinski definition) is 2. The number of nitrogens with one attached hydrogen (secondary N) is 1. The van der Waals surface area contributed by atoms with Gasteiger partial charge >= 0.3 is 0 Å². The smallest absolute Gasteiger partial charge is 0.224 e. The second-order valence-electron chi connectivity index (χ2n) is 4.37. The van der Waals surface area contributed by atoms with Crippen LogP contribution in [-0.2, 0) is 11.2 Å². The maximum Gasteiger partial charge on any atom is 0.224 e. The van der Waals surface area contributed by atoms with E-state index in [2.05, 4.69) is 12.2 Å². The highest BCUT2D eigenvalue weighted by Crippen LogP contribution is 2.06. The van der Waals surface area contributed by atoms with E-state index in [-0.39, 0.29) is 11.9 Å². The molecule has 0 aromatic heterocycles. The third-order valence-corrected chi connectivity index (χ3v) is 3.80. The van der Waals surface area contributed by atoms with E-state index in [0.717, 1.165) is 23.3 Å². The van der Waals surface area contributed by atoms with Gasteiger partial charge in [0.15, 0.2) is 0 Å². The SMILES string of the molecule is CCC(CSC)NC(=O)Cc1ccc(C(N)=S)cc1. The van der Waals surface area contributed by atoms with Crippen LogP contribution < -0.4 is 11.1 Å². The molecule has 0 bridgehead atoms. The lowest BCUT2D eigenvalue weighted by atomic mass is 10.1. The zero-order valence-corrected chi connectivity index (χ0v) is 12.9. The first-order valence-electron chi connectivity index (χ1n) is 6.23. The van der Waals surface area contributed by atoms with Crippen LogP contribution in [0, 0.1) is 0 Å². The van der Waals surface area contributed by atoms with Crippen LogP contribution in [0.3, 0.4) is 0 Å². The molecule has 0 fully saturated rings. The van der Waals surface area contributed by atoms with Gasteiger partial charge < -0.3 is 11.1 Å². The van der Waals surface area contributed by atoms with Gasteiger partial charge in [-0.2, -0.15) is 11.8 Å². The van der Waals surface area contributed by atoms with Crippen molar-refractivity contribution in [2.24, 2.45) is 5.73 Å². The Morgan fingerprint density at radius 1 is 1.42 bits per heavy atom. The number of thiocarbonyl (C=S) groups is 1. The van der Waals surface area contributed by atoms with Gasteiger partial charge in [-0.3, -0.25) is 4.79 Å². The van der Waals surface area contributed by atoms with E-state index in [0.29, 0.717) is 11.4 Å². The highest BCUT2D eigenvalue weighted by Gasteiger charge is 2.10. The average molecular weight is 296 g/mol. The Kier molecular flexibility index (Phi) is 6.87. The minimum atomic E-state index is 0.0592. The molecular weight excluding hydrogens is 276 g/mol. The summed E-state index contributed by atoms with van der Waals surface area (Å²) in [6, 6.07) is 7.74. The molecule has 0 aliphatic carbocycles. The van der Waals surface area contributed by atoms with Gasteiger partial charge in [-0.1, -0.05) is 43.4 Å². The summed E-state index contributed by atoms with van der Waals surface area (Å²) in [6.45, 7) is 2.08. The van der Waals surface area contributed by atoms with Crippen LogP contribution in [0.1, 0.15) is 24.5 Å². The maximum absolute atomic E-state index is 11.9. The van der Waals surface area contributed by atoms with Gasteiger partial charge in [0.25, 0.3) is 0 Å². The predicted octanol–water partition coefficient (Wildman–Crippen LogP) is 2.12. The molecule has 5 heteroatoms. The molecule has 19 heavy (non-hydrogen) atoms. The van der Waals surface area contributed by atoms with Crippen molar-refractivity contribution in [3.05, 3.63) is 35.4 Å². The summed E-state index contributed by atoms with van der Waals surface area (Å²) < 4.78 is 0. The van der Waals surface area contributed by atoms with Gasteiger partial charge in [-0.05, 0) is 18.2 Å². The summed E-state index contributed by atoms with van der Waals surface area (Å²) in [6.07, 6.45) is 3.39. The van der Waals surface area contributed by atoms with Crippen LogP contribution in [0.15, 0.2) is 24.3 Å². The molecule has 0 radical (unpaired) electrons. The van der Waals surface area contributed by atoms with Crippen molar-refractivity contribution in [1.29, 1.82) is 0 Å². The highest BCUT2D eigenvalue weighted by atomic mass is 32.2. The molecule has 0 saturated heterocycles.